The fraction of sp³-hybridized carbons (Fsp3) is 0.875. The molecule has 3 nitrogen and oxygen atoms in total. The second kappa shape index (κ2) is 27.4. The van der Waals surface area contributed by atoms with Crippen molar-refractivity contribution in [2.24, 2.45) is 0 Å². The van der Waals surface area contributed by atoms with Gasteiger partial charge in [-0.3, -0.25) is 0 Å². The molecule has 0 amide bonds. The Balaban J connectivity index is 0. The Kier molecular flexibility index (Phi) is 28.8. The molecule has 0 fully saturated rings. The van der Waals surface area contributed by atoms with E-state index in [-0.39, 0.29) is 13.2 Å². The first kappa shape index (κ1) is 28.4. The first-order chi connectivity index (χ1) is 13.2. The summed E-state index contributed by atoms with van der Waals surface area (Å²) in [5.41, 5.74) is 0. The second-order valence-electron chi connectivity index (χ2n) is 7.40. The third-order valence-electron chi connectivity index (χ3n) is 4.67. The van der Waals surface area contributed by atoms with E-state index in [0.29, 0.717) is 6.42 Å². The molecule has 162 valence electrons. The SMILES string of the molecule is C=CC(=O)OCCCO.CCCCCCCCCCCCCCCCCC. The molecule has 0 aromatic heterocycles. The van der Waals surface area contributed by atoms with Gasteiger partial charge in [-0.15, -0.1) is 0 Å². The zero-order chi connectivity index (χ0) is 20.4. The normalized spacial score (nSPS) is 10.2. The maximum absolute atomic E-state index is 10.3. The highest BCUT2D eigenvalue weighted by Crippen LogP contribution is 2.13. The Hall–Kier alpha value is -0.830. The molecule has 0 atom stereocenters. The summed E-state index contributed by atoms with van der Waals surface area (Å²) in [5.74, 6) is -0.441. The van der Waals surface area contributed by atoms with Gasteiger partial charge in [0.25, 0.3) is 0 Å². The Morgan fingerprint density at radius 2 is 1.04 bits per heavy atom. The topological polar surface area (TPSA) is 46.5 Å². The molecule has 0 aliphatic heterocycles. The van der Waals surface area contributed by atoms with E-state index in [0.717, 1.165) is 6.08 Å². The minimum absolute atomic E-state index is 0.0461. The van der Waals surface area contributed by atoms with Crippen LogP contribution in [0.5, 0.6) is 0 Å². The molecule has 1 N–H and O–H groups in total. The number of ether oxygens (including phenoxy) is 1. The van der Waals surface area contributed by atoms with Crippen molar-refractivity contribution in [3.8, 4) is 0 Å². The summed E-state index contributed by atoms with van der Waals surface area (Å²) in [4.78, 5) is 10.3. The highest BCUT2D eigenvalue weighted by molar-refractivity contribution is 5.81. The van der Waals surface area contributed by atoms with Gasteiger partial charge in [0.1, 0.15) is 0 Å². The number of aliphatic hydroxyl groups excluding tert-OH is 1. The maximum Gasteiger partial charge on any atom is 0.330 e. The summed E-state index contributed by atoms with van der Waals surface area (Å²) in [5, 5.41) is 8.23. The van der Waals surface area contributed by atoms with Gasteiger partial charge in [0.2, 0.25) is 0 Å². The Morgan fingerprint density at radius 3 is 1.30 bits per heavy atom. The van der Waals surface area contributed by atoms with E-state index < -0.39 is 5.97 Å². The van der Waals surface area contributed by atoms with Gasteiger partial charge in [0, 0.05) is 19.1 Å². The van der Waals surface area contributed by atoms with Gasteiger partial charge < -0.3 is 9.84 Å². The molecule has 0 aromatic carbocycles. The van der Waals surface area contributed by atoms with E-state index in [4.69, 9.17) is 5.11 Å². The van der Waals surface area contributed by atoms with Gasteiger partial charge >= 0.3 is 5.97 Å². The van der Waals surface area contributed by atoms with Crippen molar-refractivity contribution in [3.63, 3.8) is 0 Å². The van der Waals surface area contributed by atoms with Crippen LogP contribution in [0.15, 0.2) is 12.7 Å². The standard InChI is InChI=1S/C18H38.C6H10O3/c1-3-5-7-9-11-13-15-17-18-16-14-12-10-8-6-4-2;1-2-6(8)9-5-3-4-7/h3-18H2,1-2H3;2,7H,1,3-5H2. The van der Waals surface area contributed by atoms with E-state index >= 15 is 0 Å². The molecular weight excluding hydrogens is 336 g/mol. The lowest BCUT2D eigenvalue weighted by Crippen LogP contribution is -2.02. The van der Waals surface area contributed by atoms with Crippen molar-refractivity contribution in [3.05, 3.63) is 12.7 Å². The van der Waals surface area contributed by atoms with Gasteiger partial charge in [0.15, 0.2) is 0 Å². The first-order valence-corrected chi connectivity index (χ1v) is 11.6. The molecule has 0 aromatic rings. The summed E-state index contributed by atoms with van der Waals surface area (Å²) in [6.07, 6.45) is 25.0. The predicted molar refractivity (Wildman–Crippen MR) is 118 cm³/mol. The van der Waals surface area contributed by atoms with E-state index in [2.05, 4.69) is 25.2 Å². The van der Waals surface area contributed by atoms with E-state index in [1.165, 1.54) is 103 Å². The molecular formula is C24H48O3. The molecule has 0 saturated carbocycles. The zero-order valence-corrected chi connectivity index (χ0v) is 18.5. The van der Waals surface area contributed by atoms with Crippen LogP contribution in [0.3, 0.4) is 0 Å². The third kappa shape index (κ3) is 30.2. The van der Waals surface area contributed by atoms with Crippen LogP contribution in [0.4, 0.5) is 0 Å². The fourth-order valence-corrected chi connectivity index (χ4v) is 2.92. The van der Waals surface area contributed by atoms with Crippen molar-refractivity contribution in [2.45, 2.75) is 123 Å². The highest BCUT2D eigenvalue weighted by atomic mass is 16.5. The second-order valence-corrected chi connectivity index (χ2v) is 7.40. The zero-order valence-electron chi connectivity index (χ0n) is 18.5. The quantitative estimate of drug-likeness (QED) is 0.144. The summed E-state index contributed by atoms with van der Waals surface area (Å²) in [7, 11) is 0. The van der Waals surface area contributed by atoms with Crippen LogP contribution in [0.1, 0.15) is 123 Å². The summed E-state index contributed by atoms with van der Waals surface area (Å²) in [6, 6.07) is 0. The number of aliphatic hydroxyl groups is 1. The van der Waals surface area contributed by atoms with Gasteiger partial charge in [-0.2, -0.15) is 0 Å². The number of hydrogen-bond acceptors (Lipinski definition) is 3. The van der Waals surface area contributed by atoms with Crippen LogP contribution in [0.25, 0.3) is 0 Å². The average Bonchev–Trinajstić information content (AvgIpc) is 2.69. The van der Waals surface area contributed by atoms with Gasteiger partial charge in [-0.05, 0) is 0 Å². The molecule has 0 spiro atoms. The molecule has 0 aliphatic carbocycles. The lowest BCUT2D eigenvalue weighted by Gasteiger charge is -2.03. The molecule has 0 saturated heterocycles. The molecule has 0 rings (SSSR count). The highest BCUT2D eigenvalue weighted by Gasteiger charge is 1.94. The molecule has 0 unspecified atom stereocenters. The summed E-state index contributed by atoms with van der Waals surface area (Å²) >= 11 is 0. The monoisotopic (exact) mass is 384 g/mol. The molecule has 0 aliphatic rings. The molecule has 0 bridgehead atoms. The molecule has 3 heteroatoms. The number of esters is 1. The summed E-state index contributed by atoms with van der Waals surface area (Å²) in [6.45, 7) is 8.10. The van der Waals surface area contributed by atoms with E-state index in [1.54, 1.807) is 0 Å². The largest absolute Gasteiger partial charge is 0.462 e. The maximum atomic E-state index is 10.3. The fourth-order valence-electron chi connectivity index (χ4n) is 2.92. The van der Waals surface area contributed by atoms with E-state index in [9.17, 15) is 4.79 Å². The molecule has 27 heavy (non-hydrogen) atoms. The van der Waals surface area contributed by atoms with Gasteiger partial charge in [0.05, 0.1) is 6.61 Å². The Morgan fingerprint density at radius 1 is 0.704 bits per heavy atom. The van der Waals surface area contributed by atoms with E-state index in [1.807, 2.05) is 0 Å². The Bertz CT molecular complexity index is 273. The van der Waals surface area contributed by atoms with Crippen LogP contribution in [-0.2, 0) is 9.53 Å². The van der Waals surface area contributed by atoms with Gasteiger partial charge in [-0.25, -0.2) is 4.79 Å². The van der Waals surface area contributed by atoms with Crippen molar-refractivity contribution in [1.29, 1.82) is 0 Å². The predicted octanol–water partition coefficient (Wildman–Crippen LogP) is 7.37. The van der Waals surface area contributed by atoms with Crippen LogP contribution >= 0.6 is 0 Å². The van der Waals surface area contributed by atoms with Crippen LogP contribution in [-0.4, -0.2) is 24.3 Å². The van der Waals surface area contributed by atoms with Gasteiger partial charge in [-0.1, -0.05) is 123 Å². The van der Waals surface area contributed by atoms with Crippen LogP contribution in [0, 0.1) is 0 Å². The lowest BCUT2D eigenvalue weighted by atomic mass is 10.0. The molecule has 0 heterocycles. The molecule has 0 radical (unpaired) electrons. The van der Waals surface area contributed by atoms with Crippen molar-refractivity contribution in [2.75, 3.05) is 13.2 Å². The van der Waals surface area contributed by atoms with Crippen LogP contribution < -0.4 is 0 Å². The summed E-state index contributed by atoms with van der Waals surface area (Å²) < 4.78 is 4.51. The number of carbonyl (C=O) groups excluding carboxylic acids is 1. The number of unbranched alkanes of at least 4 members (excludes halogenated alkanes) is 15. The number of rotatable bonds is 19. The number of carbonyl (C=O) groups is 1. The minimum atomic E-state index is -0.441. The Labute approximate surface area is 170 Å². The number of hydrogen-bond donors (Lipinski definition) is 1. The third-order valence-corrected chi connectivity index (χ3v) is 4.67. The van der Waals surface area contributed by atoms with Crippen molar-refractivity contribution in [1.82, 2.24) is 0 Å². The average molecular weight is 385 g/mol. The first-order valence-electron chi connectivity index (χ1n) is 11.6. The smallest absolute Gasteiger partial charge is 0.330 e. The van der Waals surface area contributed by atoms with Crippen LogP contribution in [0.2, 0.25) is 0 Å². The lowest BCUT2D eigenvalue weighted by molar-refractivity contribution is -0.137. The van der Waals surface area contributed by atoms with Crippen molar-refractivity contribution < 1.29 is 14.6 Å². The minimum Gasteiger partial charge on any atom is -0.462 e. The van der Waals surface area contributed by atoms with Crippen molar-refractivity contribution >= 4 is 5.97 Å².